The molecule has 6 heavy (non-hydrogen) atoms. The Morgan fingerprint density at radius 2 is 1.50 bits per heavy atom. The van der Waals surface area contributed by atoms with E-state index < -0.39 is 5.69 Å². The van der Waals surface area contributed by atoms with Crippen LogP contribution in [0.4, 0.5) is 0 Å². The van der Waals surface area contributed by atoms with Gasteiger partial charge >= 0.3 is 65.5 Å². The van der Waals surface area contributed by atoms with Gasteiger partial charge in [-0.15, -0.1) is 0 Å². The van der Waals surface area contributed by atoms with E-state index >= 15 is 0 Å². The van der Waals surface area contributed by atoms with E-state index in [2.05, 4.69) is 0 Å². The summed E-state index contributed by atoms with van der Waals surface area (Å²) in [5.41, 5.74) is -3.63. The molecule has 0 fully saturated rings. The Kier molecular flexibility index (Phi) is 6.55. The molecule has 0 saturated carbocycles. The van der Waals surface area contributed by atoms with Crippen LogP contribution in [0, 0.1) is 0 Å². The third-order valence-electron chi connectivity index (χ3n) is 0. The van der Waals surface area contributed by atoms with Crippen LogP contribution in [0.25, 0.3) is 0 Å². The zero-order valence-electron chi connectivity index (χ0n) is 2.87. The average Bonchev–Trinajstić information content (AvgIpc) is 0.722. The third-order valence-corrected chi connectivity index (χ3v) is 0. The number of hydrogen-bond donors (Lipinski definition) is 2. The van der Waals surface area contributed by atoms with Crippen LogP contribution in [-0.2, 0) is 23.9 Å². The summed E-state index contributed by atoms with van der Waals surface area (Å²) in [6.07, 6.45) is 0. The fourth-order valence-electron chi connectivity index (χ4n) is 0. The molecule has 0 atom stereocenters. The Bertz CT molecular complexity index is 56.9. The van der Waals surface area contributed by atoms with E-state index in [0.29, 0.717) is 0 Å². The second-order valence-corrected chi connectivity index (χ2v) is 4.98. The van der Waals surface area contributed by atoms with Gasteiger partial charge in [0.2, 0.25) is 0 Å². The Morgan fingerprint density at radius 3 is 1.50 bits per heavy atom. The van der Waals surface area contributed by atoms with Crippen molar-refractivity contribution in [1.82, 2.24) is 0 Å². The van der Waals surface area contributed by atoms with Crippen molar-refractivity contribution in [3.8, 4) is 0 Å². The van der Waals surface area contributed by atoms with Crippen LogP contribution in [0.1, 0.15) is 0 Å². The van der Waals surface area contributed by atoms with Gasteiger partial charge < -0.3 is 0 Å². The first-order valence-electron chi connectivity index (χ1n) is 0.765. The summed E-state index contributed by atoms with van der Waals surface area (Å²) in [6.45, 7) is 0. The summed E-state index contributed by atoms with van der Waals surface area (Å²) in [4.78, 5) is 15.3. The normalized spacial score (nSPS) is 9.67. The molecule has 0 rings (SSSR count). The van der Waals surface area contributed by atoms with E-state index in [1.807, 2.05) is 0 Å². The molecule has 0 aromatic rings. The van der Waals surface area contributed by atoms with Gasteiger partial charge in [-0.25, -0.2) is 0 Å². The Balaban J connectivity index is 0. The fraction of sp³-hybridized carbons (Fsp3) is 0. The monoisotopic (exact) mass is 391 g/mol. The summed E-state index contributed by atoms with van der Waals surface area (Å²) >= 11 is 0.791. The molecule has 0 spiro atoms. The predicted octanol–water partition coefficient (Wildman–Crippen LogP) is -1.56. The molecule has 0 saturated heterocycles. The van der Waals surface area contributed by atoms with Gasteiger partial charge in [0, 0.05) is 0 Å². The Morgan fingerprint density at radius 1 is 1.50 bits per heavy atom. The van der Waals surface area contributed by atoms with Crippen molar-refractivity contribution >= 4 is 31.9 Å². The molecule has 0 aliphatic rings. The van der Waals surface area contributed by atoms with E-state index in [1.165, 1.54) is 0 Å². The van der Waals surface area contributed by atoms with Crippen molar-refractivity contribution in [3.63, 3.8) is 0 Å². The van der Waals surface area contributed by atoms with Gasteiger partial charge in [0.1, 0.15) is 0 Å². The molecular formula is H5BiMoO3P. The topological polar surface area (TPSA) is 57.5 Å². The SMILES string of the molecule is O=[P](O)(O)[Mo].[BiH3]. The van der Waals surface area contributed by atoms with Crippen LogP contribution in [-0.4, -0.2) is 36.0 Å². The standard InChI is InChI=1S/Bi.Mo.HO3P.3H/c;;1-4(2)3;;;/h;;(H-,1,2,3);;;/q;-1;;;;/p+1. The molecule has 0 aromatic heterocycles. The first kappa shape index (κ1) is 10.7. The molecule has 0 bridgehead atoms. The predicted molar refractivity (Wildman–Crippen MR) is 22.0 cm³/mol. The molecule has 3 nitrogen and oxygen atoms in total. The van der Waals surface area contributed by atoms with Crippen molar-refractivity contribution in [2.75, 3.05) is 0 Å². The summed E-state index contributed by atoms with van der Waals surface area (Å²) in [6, 6.07) is 0. The molecule has 6 heteroatoms. The fourth-order valence-corrected chi connectivity index (χ4v) is 0. The van der Waals surface area contributed by atoms with Crippen molar-refractivity contribution in [2.45, 2.75) is 0 Å². The van der Waals surface area contributed by atoms with Crippen LogP contribution in [0.15, 0.2) is 0 Å². The zero-order chi connectivity index (χ0) is 4.50. The quantitative estimate of drug-likeness (QED) is 0.390. The van der Waals surface area contributed by atoms with Crippen LogP contribution in [0.3, 0.4) is 0 Å². The first-order chi connectivity index (χ1) is 2.00. The molecule has 39 valence electrons. The van der Waals surface area contributed by atoms with Gasteiger partial charge in [0.05, 0.1) is 0 Å². The molecule has 0 radical (unpaired) electrons. The molecule has 0 amide bonds. The first-order valence-corrected chi connectivity index (χ1v) is 4.99. The molecule has 0 unspecified atom stereocenters. The summed E-state index contributed by atoms with van der Waals surface area (Å²) in [7, 11) is 0. The van der Waals surface area contributed by atoms with Crippen molar-refractivity contribution in [1.29, 1.82) is 0 Å². The van der Waals surface area contributed by atoms with Gasteiger partial charge in [-0.05, 0) is 0 Å². The molecular weight excluding hydrogens is 384 g/mol. The van der Waals surface area contributed by atoms with E-state index in [-0.39, 0.29) is 26.2 Å². The van der Waals surface area contributed by atoms with Crippen molar-refractivity contribution in [2.24, 2.45) is 0 Å². The number of rotatable bonds is 0. The van der Waals surface area contributed by atoms with Gasteiger partial charge in [-0.2, -0.15) is 0 Å². The van der Waals surface area contributed by atoms with E-state index in [9.17, 15) is 4.57 Å². The third kappa shape index (κ3) is 43.0. The second-order valence-electron chi connectivity index (χ2n) is 0.491. The summed E-state index contributed by atoms with van der Waals surface area (Å²) in [5.74, 6) is 0. The van der Waals surface area contributed by atoms with Crippen molar-refractivity contribution < 1.29 is 33.7 Å². The maximum absolute atomic E-state index is 9.33. The van der Waals surface area contributed by atoms with Gasteiger partial charge in [-0.3, -0.25) is 0 Å². The van der Waals surface area contributed by atoms with Crippen molar-refractivity contribution in [3.05, 3.63) is 0 Å². The van der Waals surface area contributed by atoms with E-state index in [1.54, 1.807) is 0 Å². The van der Waals surface area contributed by atoms with Gasteiger partial charge in [-0.1, -0.05) is 0 Å². The van der Waals surface area contributed by atoms with Gasteiger partial charge in [0.15, 0.2) is 0 Å². The van der Waals surface area contributed by atoms with Gasteiger partial charge in [0.25, 0.3) is 0 Å². The minimum atomic E-state index is -3.63. The van der Waals surface area contributed by atoms with Crippen LogP contribution < -0.4 is 0 Å². The van der Waals surface area contributed by atoms with E-state index in [4.69, 9.17) is 9.79 Å². The second kappa shape index (κ2) is 3.69. The molecule has 0 aliphatic carbocycles. The zero-order valence-corrected chi connectivity index (χ0v) is 11.3. The number of hydrogen-bond acceptors (Lipinski definition) is 1. The van der Waals surface area contributed by atoms with Crippen LogP contribution in [0.2, 0.25) is 0 Å². The Hall–Kier alpha value is 1.72. The molecule has 0 aromatic carbocycles. The Labute approximate surface area is 65.2 Å². The van der Waals surface area contributed by atoms with Crippen LogP contribution >= 0.6 is 5.69 Å². The average molecular weight is 389 g/mol. The summed E-state index contributed by atoms with van der Waals surface area (Å²) in [5, 5.41) is 0. The molecule has 0 heterocycles. The molecule has 0 aliphatic heterocycles. The van der Waals surface area contributed by atoms with Crippen LogP contribution in [0.5, 0.6) is 0 Å². The summed E-state index contributed by atoms with van der Waals surface area (Å²) < 4.78 is 9.33. The maximum atomic E-state index is 9.33. The van der Waals surface area contributed by atoms with E-state index in [0.717, 1.165) is 19.3 Å². The minimum absolute atomic E-state index is 0. The molecule has 2 N–H and O–H groups in total.